The quantitative estimate of drug-likeness (QED) is 0.845. The molecule has 0 bridgehead atoms. The van der Waals surface area contributed by atoms with E-state index in [1.807, 2.05) is 0 Å². The molecule has 1 heterocycles. The highest BCUT2D eigenvalue weighted by molar-refractivity contribution is 5.25. The van der Waals surface area contributed by atoms with Gasteiger partial charge in [0, 0.05) is 25.7 Å². The number of hydrogen-bond donors (Lipinski definition) is 1. The molecule has 2 N–H and O–H groups in total. The van der Waals surface area contributed by atoms with Crippen LogP contribution in [0.2, 0.25) is 0 Å². The lowest BCUT2D eigenvalue weighted by Crippen LogP contribution is -2.53. The Kier molecular flexibility index (Phi) is 3.04. The number of nitrogens with two attached hydrogens (primary N) is 1. The van der Waals surface area contributed by atoms with Crippen molar-refractivity contribution >= 4 is 0 Å². The topological polar surface area (TPSA) is 29.3 Å². The highest BCUT2D eigenvalue weighted by Crippen LogP contribution is 2.35. The first-order valence-corrected chi connectivity index (χ1v) is 6.05. The van der Waals surface area contributed by atoms with E-state index in [2.05, 4.69) is 49.9 Å². The summed E-state index contributed by atoms with van der Waals surface area (Å²) < 4.78 is 0. The third kappa shape index (κ3) is 2.28. The van der Waals surface area contributed by atoms with Crippen molar-refractivity contribution in [3.63, 3.8) is 0 Å². The van der Waals surface area contributed by atoms with E-state index in [1.165, 1.54) is 24.2 Å². The minimum absolute atomic E-state index is 0.505. The summed E-state index contributed by atoms with van der Waals surface area (Å²) in [7, 11) is 0. The minimum Gasteiger partial charge on any atom is -0.326 e. The summed E-state index contributed by atoms with van der Waals surface area (Å²) in [5.74, 6) is 0. The Morgan fingerprint density at radius 3 is 2.25 bits per heavy atom. The van der Waals surface area contributed by atoms with Gasteiger partial charge in [0.15, 0.2) is 0 Å². The molecule has 1 aromatic carbocycles. The lowest BCUT2D eigenvalue weighted by atomic mass is 9.82. The molecular weight excluding hydrogens is 196 g/mol. The van der Waals surface area contributed by atoms with Crippen LogP contribution in [0.3, 0.4) is 0 Å². The normalized spacial score (nSPS) is 21.5. The Balaban J connectivity index is 2.01. The molecule has 0 aromatic heterocycles. The number of hydrogen-bond acceptors (Lipinski definition) is 2. The third-order valence-electron chi connectivity index (χ3n) is 3.51. The van der Waals surface area contributed by atoms with Crippen LogP contribution in [0.25, 0.3) is 0 Å². The van der Waals surface area contributed by atoms with Crippen molar-refractivity contribution in [3.05, 3.63) is 35.4 Å². The van der Waals surface area contributed by atoms with Crippen molar-refractivity contribution in [3.8, 4) is 0 Å². The molecule has 16 heavy (non-hydrogen) atoms. The lowest BCUT2D eigenvalue weighted by Gasteiger charge is -2.49. The van der Waals surface area contributed by atoms with Crippen molar-refractivity contribution < 1.29 is 0 Å². The third-order valence-corrected chi connectivity index (χ3v) is 3.51. The van der Waals surface area contributed by atoms with E-state index in [0.29, 0.717) is 18.0 Å². The van der Waals surface area contributed by atoms with Gasteiger partial charge in [0.2, 0.25) is 0 Å². The van der Waals surface area contributed by atoms with Crippen molar-refractivity contribution in [2.24, 2.45) is 11.1 Å². The summed E-state index contributed by atoms with van der Waals surface area (Å²) in [6.07, 6.45) is 0. The molecule has 0 aliphatic carbocycles. The highest BCUT2D eigenvalue weighted by atomic mass is 15.2. The molecule has 0 radical (unpaired) electrons. The molecule has 0 amide bonds. The van der Waals surface area contributed by atoms with Gasteiger partial charge in [-0.05, 0) is 23.5 Å². The van der Waals surface area contributed by atoms with Gasteiger partial charge in [-0.15, -0.1) is 0 Å². The van der Waals surface area contributed by atoms with Gasteiger partial charge in [-0.1, -0.05) is 38.1 Å². The molecule has 0 spiro atoms. The van der Waals surface area contributed by atoms with Crippen LogP contribution in [-0.4, -0.2) is 18.0 Å². The fraction of sp³-hybridized carbons (Fsp3) is 0.571. The SMILES string of the molecule is CC(c1ccc(CN)cc1)N1CC(C)(C)C1. The van der Waals surface area contributed by atoms with Crippen LogP contribution >= 0.6 is 0 Å². The van der Waals surface area contributed by atoms with Crippen molar-refractivity contribution in [1.82, 2.24) is 4.90 Å². The second kappa shape index (κ2) is 4.19. The van der Waals surface area contributed by atoms with Gasteiger partial charge in [0.25, 0.3) is 0 Å². The summed E-state index contributed by atoms with van der Waals surface area (Å²) in [6, 6.07) is 9.21. The first kappa shape index (κ1) is 11.6. The largest absolute Gasteiger partial charge is 0.326 e. The molecule has 1 aromatic rings. The fourth-order valence-electron chi connectivity index (χ4n) is 2.47. The molecule has 1 aliphatic rings. The number of nitrogens with zero attached hydrogens (tertiary/aromatic N) is 1. The first-order chi connectivity index (χ1) is 7.52. The predicted molar refractivity (Wildman–Crippen MR) is 68.1 cm³/mol. The Morgan fingerprint density at radius 1 is 1.25 bits per heavy atom. The maximum atomic E-state index is 5.60. The molecule has 1 aliphatic heterocycles. The molecule has 88 valence electrons. The summed E-state index contributed by atoms with van der Waals surface area (Å²) in [5.41, 5.74) is 8.71. The summed E-state index contributed by atoms with van der Waals surface area (Å²) in [6.45, 7) is 9.97. The van der Waals surface area contributed by atoms with Crippen molar-refractivity contribution in [1.29, 1.82) is 0 Å². The van der Waals surface area contributed by atoms with Gasteiger partial charge in [0.05, 0.1) is 0 Å². The van der Waals surface area contributed by atoms with Gasteiger partial charge in [-0.2, -0.15) is 0 Å². The molecule has 2 heteroatoms. The summed E-state index contributed by atoms with van der Waals surface area (Å²) in [5, 5.41) is 0. The number of rotatable bonds is 3. The highest BCUT2D eigenvalue weighted by Gasteiger charge is 2.36. The van der Waals surface area contributed by atoms with Gasteiger partial charge in [-0.25, -0.2) is 0 Å². The van der Waals surface area contributed by atoms with E-state index >= 15 is 0 Å². The Bertz CT molecular complexity index is 346. The van der Waals surface area contributed by atoms with Crippen molar-refractivity contribution in [2.75, 3.05) is 13.1 Å². The predicted octanol–water partition coefficient (Wildman–Crippen LogP) is 2.55. The van der Waals surface area contributed by atoms with Crippen LogP contribution in [0.4, 0.5) is 0 Å². The first-order valence-electron chi connectivity index (χ1n) is 6.05. The molecule has 1 atom stereocenters. The molecule has 2 rings (SSSR count). The average molecular weight is 218 g/mol. The smallest absolute Gasteiger partial charge is 0.0320 e. The van der Waals surface area contributed by atoms with E-state index in [9.17, 15) is 0 Å². The van der Waals surface area contributed by atoms with Gasteiger partial charge >= 0.3 is 0 Å². The molecule has 1 unspecified atom stereocenters. The molecule has 0 saturated carbocycles. The molecule has 2 nitrogen and oxygen atoms in total. The van der Waals surface area contributed by atoms with Gasteiger partial charge < -0.3 is 5.73 Å². The maximum absolute atomic E-state index is 5.60. The Morgan fingerprint density at radius 2 is 1.81 bits per heavy atom. The van der Waals surface area contributed by atoms with Crippen LogP contribution in [-0.2, 0) is 6.54 Å². The van der Waals surface area contributed by atoms with Crippen LogP contribution in [0.1, 0.15) is 37.9 Å². The monoisotopic (exact) mass is 218 g/mol. The van der Waals surface area contributed by atoms with Crippen LogP contribution in [0.15, 0.2) is 24.3 Å². The fourth-order valence-corrected chi connectivity index (χ4v) is 2.47. The van der Waals surface area contributed by atoms with Crippen LogP contribution < -0.4 is 5.73 Å². The van der Waals surface area contributed by atoms with Crippen LogP contribution in [0, 0.1) is 5.41 Å². The van der Waals surface area contributed by atoms with E-state index < -0.39 is 0 Å². The summed E-state index contributed by atoms with van der Waals surface area (Å²) in [4.78, 5) is 2.53. The maximum Gasteiger partial charge on any atom is 0.0320 e. The second-order valence-corrected chi connectivity index (χ2v) is 5.69. The molecular formula is C14H22N2. The zero-order valence-electron chi connectivity index (χ0n) is 10.5. The average Bonchev–Trinajstić information content (AvgIpc) is 2.25. The second-order valence-electron chi connectivity index (χ2n) is 5.69. The zero-order valence-corrected chi connectivity index (χ0v) is 10.5. The lowest BCUT2D eigenvalue weighted by molar-refractivity contribution is -0.000969. The minimum atomic E-state index is 0.505. The van der Waals surface area contributed by atoms with Crippen LogP contribution in [0.5, 0.6) is 0 Å². The molecule has 1 fully saturated rings. The molecule has 1 saturated heterocycles. The number of benzene rings is 1. The zero-order chi connectivity index (χ0) is 11.8. The van der Waals surface area contributed by atoms with Gasteiger partial charge in [-0.3, -0.25) is 4.90 Å². The van der Waals surface area contributed by atoms with E-state index in [0.717, 1.165) is 0 Å². The van der Waals surface area contributed by atoms with Gasteiger partial charge in [0.1, 0.15) is 0 Å². The van der Waals surface area contributed by atoms with E-state index in [-0.39, 0.29) is 0 Å². The number of likely N-dealkylation sites (tertiary alicyclic amines) is 1. The standard InChI is InChI=1S/C14H22N2/c1-11(16-9-14(2,3)10-16)13-6-4-12(8-15)5-7-13/h4-7,11H,8-10,15H2,1-3H3. The Hall–Kier alpha value is -0.860. The van der Waals surface area contributed by atoms with E-state index in [4.69, 9.17) is 5.73 Å². The Labute approximate surface area is 98.4 Å². The van der Waals surface area contributed by atoms with Crippen molar-refractivity contribution in [2.45, 2.75) is 33.4 Å². The van der Waals surface area contributed by atoms with E-state index in [1.54, 1.807) is 0 Å². The summed E-state index contributed by atoms with van der Waals surface area (Å²) >= 11 is 0.